The summed E-state index contributed by atoms with van der Waals surface area (Å²) >= 11 is 0. The molecule has 2 aromatic rings. The van der Waals surface area contributed by atoms with Crippen molar-refractivity contribution in [3.05, 3.63) is 54.0 Å². The highest BCUT2D eigenvalue weighted by atomic mass is 16.5. The largest absolute Gasteiger partial charge is 0.471 e. The molecule has 2 aromatic heterocycles. The third kappa shape index (κ3) is 2.82. The normalized spacial score (nSPS) is 14.1. The number of carbonyl (C=O) groups is 1. The summed E-state index contributed by atoms with van der Waals surface area (Å²) in [6.07, 6.45) is 4.64. The van der Waals surface area contributed by atoms with Gasteiger partial charge in [0.1, 0.15) is 6.10 Å². The van der Waals surface area contributed by atoms with E-state index in [0.29, 0.717) is 30.1 Å². The van der Waals surface area contributed by atoms with Crippen LogP contribution < -0.4 is 4.74 Å². The average molecular weight is 280 g/mol. The summed E-state index contributed by atoms with van der Waals surface area (Å²) in [5.41, 5.74) is 1.12. The van der Waals surface area contributed by atoms with Gasteiger partial charge in [-0.1, -0.05) is 0 Å². The Morgan fingerprint density at radius 3 is 2.76 bits per heavy atom. The zero-order valence-electron chi connectivity index (χ0n) is 11.1. The van der Waals surface area contributed by atoms with E-state index in [9.17, 15) is 4.79 Å². The Morgan fingerprint density at radius 1 is 1.29 bits per heavy atom. The van der Waals surface area contributed by atoms with Gasteiger partial charge in [-0.3, -0.25) is 9.78 Å². The van der Waals surface area contributed by atoms with Crippen molar-refractivity contribution >= 4 is 5.91 Å². The fourth-order valence-corrected chi connectivity index (χ4v) is 2.07. The van der Waals surface area contributed by atoms with Crippen LogP contribution in [-0.4, -0.2) is 40.0 Å². The monoisotopic (exact) mass is 280 g/mol. The van der Waals surface area contributed by atoms with Crippen molar-refractivity contribution in [2.24, 2.45) is 0 Å². The van der Waals surface area contributed by atoms with Crippen LogP contribution in [0.2, 0.25) is 0 Å². The van der Waals surface area contributed by atoms with Gasteiger partial charge in [-0.25, -0.2) is 4.98 Å². The first kappa shape index (κ1) is 13.1. The van der Waals surface area contributed by atoms with Crippen LogP contribution in [0.3, 0.4) is 0 Å². The summed E-state index contributed by atoms with van der Waals surface area (Å²) in [6, 6.07) is 8.62. The minimum Gasteiger partial charge on any atom is -0.471 e. The molecular formula is C15H12N4O2. The van der Waals surface area contributed by atoms with Crippen molar-refractivity contribution in [2.75, 3.05) is 13.1 Å². The van der Waals surface area contributed by atoms with Crippen molar-refractivity contribution in [2.45, 2.75) is 6.10 Å². The average Bonchev–Trinajstić information content (AvgIpc) is 2.51. The number of hydrogen-bond donors (Lipinski definition) is 0. The van der Waals surface area contributed by atoms with E-state index in [0.717, 1.165) is 0 Å². The lowest BCUT2D eigenvalue weighted by Gasteiger charge is -2.38. The molecule has 1 fully saturated rings. The van der Waals surface area contributed by atoms with Crippen LogP contribution in [0.4, 0.5) is 0 Å². The van der Waals surface area contributed by atoms with Gasteiger partial charge < -0.3 is 9.64 Å². The van der Waals surface area contributed by atoms with Crippen LogP contribution in [-0.2, 0) is 0 Å². The zero-order chi connectivity index (χ0) is 14.7. The molecule has 0 atom stereocenters. The molecule has 0 saturated carbocycles. The molecule has 0 aliphatic carbocycles. The van der Waals surface area contributed by atoms with Gasteiger partial charge in [0, 0.05) is 30.2 Å². The number of pyridine rings is 2. The topological polar surface area (TPSA) is 79.1 Å². The van der Waals surface area contributed by atoms with Crippen LogP contribution >= 0.6 is 0 Å². The van der Waals surface area contributed by atoms with Crippen LogP contribution in [0.1, 0.15) is 15.9 Å². The van der Waals surface area contributed by atoms with Gasteiger partial charge >= 0.3 is 0 Å². The molecule has 0 unspecified atom stereocenters. The SMILES string of the molecule is N#Cc1ccnc(OC2CN(C(=O)c3ccncc3)C2)c1. The molecule has 0 spiro atoms. The predicted octanol–water partition coefficient (Wildman–Crippen LogP) is 1.25. The lowest BCUT2D eigenvalue weighted by Crippen LogP contribution is -2.56. The molecule has 6 heteroatoms. The van der Waals surface area contributed by atoms with Gasteiger partial charge in [-0.2, -0.15) is 5.26 Å². The molecule has 6 nitrogen and oxygen atoms in total. The first-order chi connectivity index (χ1) is 10.3. The maximum Gasteiger partial charge on any atom is 0.254 e. The second kappa shape index (κ2) is 5.59. The number of carbonyl (C=O) groups excluding carboxylic acids is 1. The van der Waals surface area contributed by atoms with E-state index < -0.39 is 0 Å². The number of nitriles is 1. The van der Waals surface area contributed by atoms with Crippen LogP contribution in [0, 0.1) is 11.3 Å². The maximum atomic E-state index is 12.1. The minimum atomic E-state index is -0.0859. The molecule has 3 heterocycles. The number of aromatic nitrogens is 2. The molecule has 21 heavy (non-hydrogen) atoms. The Morgan fingerprint density at radius 2 is 2.05 bits per heavy atom. The first-order valence-electron chi connectivity index (χ1n) is 6.48. The zero-order valence-corrected chi connectivity index (χ0v) is 11.1. The Kier molecular flexibility index (Phi) is 3.48. The molecule has 1 saturated heterocycles. The Hall–Kier alpha value is -2.94. The van der Waals surface area contributed by atoms with Crippen molar-refractivity contribution in [1.82, 2.24) is 14.9 Å². The smallest absolute Gasteiger partial charge is 0.254 e. The van der Waals surface area contributed by atoms with E-state index >= 15 is 0 Å². The Bertz CT molecular complexity index is 690. The summed E-state index contributed by atoms with van der Waals surface area (Å²) in [7, 11) is 0. The van der Waals surface area contributed by atoms with E-state index in [-0.39, 0.29) is 12.0 Å². The number of likely N-dealkylation sites (tertiary alicyclic amines) is 1. The molecule has 1 aliphatic heterocycles. The number of hydrogen-bond acceptors (Lipinski definition) is 5. The van der Waals surface area contributed by atoms with E-state index in [1.165, 1.54) is 6.20 Å². The fraction of sp³-hybridized carbons (Fsp3) is 0.200. The molecule has 1 aliphatic rings. The van der Waals surface area contributed by atoms with Gasteiger partial charge in [-0.15, -0.1) is 0 Å². The second-order valence-corrected chi connectivity index (χ2v) is 4.68. The van der Waals surface area contributed by atoms with Crippen molar-refractivity contribution in [3.63, 3.8) is 0 Å². The minimum absolute atomic E-state index is 0.0315. The van der Waals surface area contributed by atoms with Gasteiger partial charge in [0.25, 0.3) is 5.91 Å². The molecule has 0 radical (unpaired) electrons. The van der Waals surface area contributed by atoms with Crippen molar-refractivity contribution in [1.29, 1.82) is 5.26 Å². The van der Waals surface area contributed by atoms with Gasteiger partial charge in [0.15, 0.2) is 0 Å². The highest BCUT2D eigenvalue weighted by molar-refractivity contribution is 5.94. The molecule has 104 valence electrons. The van der Waals surface area contributed by atoms with Gasteiger partial charge in [-0.05, 0) is 18.2 Å². The maximum absolute atomic E-state index is 12.1. The van der Waals surface area contributed by atoms with Crippen molar-refractivity contribution < 1.29 is 9.53 Å². The van der Waals surface area contributed by atoms with E-state index in [1.54, 1.807) is 41.6 Å². The highest BCUT2D eigenvalue weighted by Crippen LogP contribution is 2.18. The Labute approximate surface area is 121 Å². The second-order valence-electron chi connectivity index (χ2n) is 4.68. The van der Waals surface area contributed by atoms with E-state index in [2.05, 4.69) is 9.97 Å². The van der Waals surface area contributed by atoms with Gasteiger partial charge in [0.2, 0.25) is 5.88 Å². The quantitative estimate of drug-likeness (QED) is 0.845. The number of amides is 1. The molecule has 3 rings (SSSR count). The van der Waals surface area contributed by atoms with Crippen molar-refractivity contribution in [3.8, 4) is 11.9 Å². The highest BCUT2D eigenvalue weighted by Gasteiger charge is 2.33. The lowest BCUT2D eigenvalue weighted by molar-refractivity contribution is 0.0160. The first-order valence-corrected chi connectivity index (χ1v) is 6.48. The predicted molar refractivity (Wildman–Crippen MR) is 73.5 cm³/mol. The van der Waals surface area contributed by atoms with E-state index in [1.807, 2.05) is 6.07 Å². The number of nitrogens with zero attached hydrogens (tertiary/aromatic N) is 4. The molecule has 0 N–H and O–H groups in total. The fourth-order valence-electron chi connectivity index (χ4n) is 2.07. The summed E-state index contributed by atoms with van der Waals surface area (Å²) in [6.45, 7) is 1.03. The molecular weight excluding hydrogens is 268 g/mol. The molecule has 0 aromatic carbocycles. The van der Waals surface area contributed by atoms with Crippen LogP contribution in [0.15, 0.2) is 42.9 Å². The summed E-state index contributed by atoms with van der Waals surface area (Å²) < 4.78 is 5.64. The summed E-state index contributed by atoms with van der Waals surface area (Å²) in [5.74, 6) is 0.381. The summed E-state index contributed by atoms with van der Waals surface area (Å²) in [4.78, 5) is 21.8. The standard InChI is InChI=1S/C15H12N4O2/c16-8-11-1-6-18-14(7-11)21-13-9-19(10-13)15(20)12-2-4-17-5-3-12/h1-7,13H,9-10H2. The third-order valence-corrected chi connectivity index (χ3v) is 3.21. The molecule has 0 bridgehead atoms. The number of rotatable bonds is 3. The summed E-state index contributed by atoms with van der Waals surface area (Å²) in [5, 5.41) is 8.82. The lowest BCUT2D eigenvalue weighted by atomic mass is 10.1. The third-order valence-electron chi connectivity index (χ3n) is 3.21. The Balaban J connectivity index is 1.56. The van der Waals surface area contributed by atoms with Gasteiger partial charge in [0.05, 0.1) is 24.7 Å². The van der Waals surface area contributed by atoms with Crippen LogP contribution in [0.5, 0.6) is 5.88 Å². The van der Waals surface area contributed by atoms with Crippen LogP contribution in [0.25, 0.3) is 0 Å². The molecule has 1 amide bonds. The van der Waals surface area contributed by atoms with E-state index in [4.69, 9.17) is 10.00 Å². The number of ether oxygens (including phenoxy) is 1.